The van der Waals surface area contributed by atoms with Crippen LogP contribution in [0.1, 0.15) is 16.2 Å². The summed E-state index contributed by atoms with van der Waals surface area (Å²) in [5.41, 5.74) is 1.68. The van der Waals surface area contributed by atoms with Gasteiger partial charge in [0.15, 0.2) is 5.82 Å². The normalized spacial score (nSPS) is 14.1. The summed E-state index contributed by atoms with van der Waals surface area (Å²) < 4.78 is 1.69. The van der Waals surface area contributed by atoms with E-state index in [0.717, 1.165) is 5.69 Å². The molecule has 0 fully saturated rings. The van der Waals surface area contributed by atoms with Crippen molar-refractivity contribution in [1.29, 1.82) is 5.41 Å². The lowest BCUT2D eigenvalue weighted by molar-refractivity contribution is 0.0697. The molecule has 1 aliphatic heterocycles. The van der Waals surface area contributed by atoms with Crippen LogP contribution in [0.25, 0.3) is 11.3 Å². The van der Waals surface area contributed by atoms with E-state index in [9.17, 15) is 15.0 Å². The summed E-state index contributed by atoms with van der Waals surface area (Å²) in [5.74, 6) is -0.699. The van der Waals surface area contributed by atoms with Crippen LogP contribution in [0.3, 0.4) is 0 Å². The number of hydrogen-bond acceptors (Lipinski definition) is 5. The Balaban J connectivity index is 1.72. The fraction of sp³-hybridized carbons (Fsp3) is 0.0526. The molecule has 0 bridgehead atoms. The molecule has 0 saturated heterocycles. The first kappa shape index (κ1) is 16.5. The molecule has 8 heteroatoms. The van der Waals surface area contributed by atoms with Crippen molar-refractivity contribution in [3.63, 3.8) is 0 Å². The van der Waals surface area contributed by atoms with Gasteiger partial charge in [-0.05, 0) is 30.3 Å². The van der Waals surface area contributed by atoms with Crippen molar-refractivity contribution in [3.8, 4) is 5.69 Å². The molecule has 0 spiro atoms. The topological polar surface area (TPSA) is 115 Å². The predicted molar refractivity (Wildman–Crippen MR) is 99.4 cm³/mol. The van der Waals surface area contributed by atoms with Crippen LogP contribution in [0.4, 0.5) is 5.69 Å². The second kappa shape index (κ2) is 6.41. The maximum absolute atomic E-state index is 11.2. The molecule has 2 aromatic carbocycles. The van der Waals surface area contributed by atoms with E-state index in [4.69, 9.17) is 5.41 Å². The first-order valence-corrected chi connectivity index (χ1v) is 8.14. The summed E-state index contributed by atoms with van der Waals surface area (Å²) in [4.78, 5) is 12.7. The monoisotopic (exact) mass is 361 g/mol. The van der Waals surface area contributed by atoms with Crippen LogP contribution in [0, 0.1) is 5.41 Å². The number of hydrogen-bond donors (Lipinski definition) is 3. The molecule has 2 heterocycles. The van der Waals surface area contributed by atoms with E-state index in [1.54, 1.807) is 16.7 Å². The average Bonchev–Trinajstić information content (AvgIpc) is 3.26. The van der Waals surface area contributed by atoms with E-state index >= 15 is 0 Å². The molecule has 0 atom stereocenters. The van der Waals surface area contributed by atoms with Crippen molar-refractivity contribution in [2.45, 2.75) is 0 Å². The van der Waals surface area contributed by atoms with Gasteiger partial charge in [-0.25, -0.2) is 4.79 Å². The highest BCUT2D eigenvalue weighted by atomic mass is 16.4. The number of aromatic carboxylic acids is 1. The van der Waals surface area contributed by atoms with E-state index in [1.165, 1.54) is 23.4 Å². The fourth-order valence-electron chi connectivity index (χ4n) is 3.02. The molecule has 3 N–H and O–H groups in total. The molecule has 0 saturated carbocycles. The number of carboxylic acid groups (broad SMARTS) is 1. The summed E-state index contributed by atoms with van der Waals surface area (Å²) in [6.45, 7) is 0.0545. The number of anilines is 1. The third-order valence-corrected chi connectivity index (χ3v) is 4.31. The van der Waals surface area contributed by atoms with E-state index in [1.807, 2.05) is 30.3 Å². The number of nitrogens with one attached hydrogen (secondary N) is 1. The van der Waals surface area contributed by atoms with Crippen LogP contribution < -0.4 is 4.90 Å². The molecular formula is C19H15N5O3. The van der Waals surface area contributed by atoms with Crippen molar-refractivity contribution in [1.82, 2.24) is 14.8 Å². The zero-order valence-electron chi connectivity index (χ0n) is 14.1. The number of carboxylic acids is 1. The van der Waals surface area contributed by atoms with Crippen LogP contribution in [0.15, 0.2) is 66.7 Å². The second-order valence-electron chi connectivity index (χ2n) is 5.97. The van der Waals surface area contributed by atoms with Gasteiger partial charge in [0.25, 0.3) is 0 Å². The standard InChI is InChI=1S/C19H15N5O3/c20-17-16(18-22-21-11-24(18)13-6-2-1-3-7-13)15(25)10-23(17)14-8-4-5-12(9-14)19(26)27/h1-9,11,20,25H,10H2,(H,26,27). The Morgan fingerprint density at radius 1 is 1.07 bits per heavy atom. The second-order valence-corrected chi connectivity index (χ2v) is 5.97. The van der Waals surface area contributed by atoms with Gasteiger partial charge in [-0.1, -0.05) is 24.3 Å². The highest BCUT2D eigenvalue weighted by Gasteiger charge is 2.32. The Kier molecular flexibility index (Phi) is 3.92. The molecule has 4 rings (SSSR count). The number of carbonyl (C=O) groups is 1. The van der Waals surface area contributed by atoms with Crippen molar-refractivity contribution < 1.29 is 15.0 Å². The highest BCUT2D eigenvalue weighted by molar-refractivity contribution is 6.30. The molecule has 134 valence electrons. The Hall–Kier alpha value is -3.94. The van der Waals surface area contributed by atoms with E-state index in [0.29, 0.717) is 11.5 Å². The van der Waals surface area contributed by atoms with Gasteiger partial charge in [-0.3, -0.25) is 9.98 Å². The van der Waals surface area contributed by atoms with Crippen LogP contribution in [-0.2, 0) is 0 Å². The SMILES string of the molecule is N=C1C(c2nncn2-c2ccccc2)=C(O)CN1c1cccc(C(=O)O)c1. The number of nitrogens with zero attached hydrogens (tertiary/aromatic N) is 4. The lowest BCUT2D eigenvalue weighted by Gasteiger charge is -2.19. The van der Waals surface area contributed by atoms with E-state index < -0.39 is 5.97 Å². The first-order valence-electron chi connectivity index (χ1n) is 8.14. The third kappa shape index (κ3) is 2.82. The molecule has 8 nitrogen and oxygen atoms in total. The molecular weight excluding hydrogens is 346 g/mol. The van der Waals surface area contributed by atoms with Crippen LogP contribution in [0.5, 0.6) is 0 Å². The van der Waals surface area contributed by atoms with E-state index in [2.05, 4.69) is 10.2 Å². The molecule has 3 aromatic rings. The lowest BCUT2D eigenvalue weighted by atomic mass is 10.2. The minimum absolute atomic E-state index is 0.0223. The van der Waals surface area contributed by atoms with Gasteiger partial charge in [0.2, 0.25) is 0 Å². The first-order chi connectivity index (χ1) is 13.1. The van der Waals surface area contributed by atoms with Gasteiger partial charge in [0.05, 0.1) is 12.1 Å². The number of benzene rings is 2. The van der Waals surface area contributed by atoms with Gasteiger partial charge >= 0.3 is 5.97 Å². The summed E-state index contributed by atoms with van der Waals surface area (Å²) in [6, 6.07) is 15.6. The minimum atomic E-state index is -1.05. The largest absolute Gasteiger partial charge is 0.509 e. The minimum Gasteiger partial charge on any atom is -0.509 e. The zero-order chi connectivity index (χ0) is 19.0. The van der Waals surface area contributed by atoms with Gasteiger partial charge in [0.1, 0.15) is 23.5 Å². The number of aliphatic hydroxyl groups is 1. The Morgan fingerprint density at radius 2 is 1.81 bits per heavy atom. The number of aromatic nitrogens is 3. The maximum Gasteiger partial charge on any atom is 0.335 e. The Morgan fingerprint density at radius 3 is 2.56 bits per heavy atom. The number of para-hydroxylation sites is 1. The molecule has 1 aliphatic rings. The molecule has 1 aromatic heterocycles. The summed E-state index contributed by atoms with van der Waals surface area (Å²) in [6.07, 6.45) is 1.52. The molecule has 0 radical (unpaired) electrons. The van der Waals surface area contributed by atoms with Gasteiger partial charge in [-0.15, -0.1) is 10.2 Å². The summed E-state index contributed by atoms with van der Waals surface area (Å²) >= 11 is 0. The third-order valence-electron chi connectivity index (χ3n) is 4.31. The Labute approximate surface area is 154 Å². The van der Waals surface area contributed by atoms with Gasteiger partial charge in [0, 0.05) is 11.4 Å². The lowest BCUT2D eigenvalue weighted by Crippen LogP contribution is -2.26. The maximum atomic E-state index is 11.2. The van der Waals surface area contributed by atoms with E-state index in [-0.39, 0.29) is 29.3 Å². The van der Waals surface area contributed by atoms with Crippen molar-refractivity contribution >= 4 is 23.1 Å². The zero-order valence-corrected chi connectivity index (χ0v) is 14.1. The quantitative estimate of drug-likeness (QED) is 0.658. The molecule has 0 unspecified atom stereocenters. The highest BCUT2D eigenvalue weighted by Crippen LogP contribution is 2.31. The summed E-state index contributed by atoms with van der Waals surface area (Å²) in [5, 5.41) is 36.2. The van der Waals surface area contributed by atoms with Crippen molar-refractivity contribution in [2.24, 2.45) is 0 Å². The summed E-state index contributed by atoms with van der Waals surface area (Å²) in [7, 11) is 0. The molecule has 0 amide bonds. The fourth-order valence-corrected chi connectivity index (χ4v) is 3.02. The van der Waals surface area contributed by atoms with Crippen LogP contribution >= 0.6 is 0 Å². The number of amidine groups is 1. The Bertz CT molecular complexity index is 1070. The van der Waals surface area contributed by atoms with Crippen LogP contribution in [0.2, 0.25) is 0 Å². The van der Waals surface area contributed by atoms with Gasteiger partial charge in [-0.2, -0.15) is 0 Å². The molecule has 0 aliphatic carbocycles. The smallest absolute Gasteiger partial charge is 0.335 e. The van der Waals surface area contributed by atoms with Gasteiger partial charge < -0.3 is 15.1 Å². The number of rotatable bonds is 4. The molecule has 27 heavy (non-hydrogen) atoms. The number of aliphatic hydroxyl groups excluding tert-OH is 1. The van der Waals surface area contributed by atoms with Crippen molar-refractivity contribution in [3.05, 3.63) is 78.1 Å². The predicted octanol–water partition coefficient (Wildman–Crippen LogP) is 2.73. The van der Waals surface area contributed by atoms with Crippen LogP contribution in [-0.4, -0.2) is 43.3 Å². The van der Waals surface area contributed by atoms with Crippen molar-refractivity contribution in [2.75, 3.05) is 11.4 Å². The average molecular weight is 361 g/mol.